The molecule has 1 amide bonds. The lowest BCUT2D eigenvalue weighted by Gasteiger charge is -2.19. The molecule has 2 aliphatic rings. The van der Waals surface area contributed by atoms with E-state index in [9.17, 15) is 18.0 Å². The fraction of sp³-hybridized carbons (Fsp3) is 0.455. The van der Waals surface area contributed by atoms with Crippen molar-refractivity contribution in [1.29, 1.82) is 0 Å². The Morgan fingerprint density at radius 3 is 2.63 bits per heavy atom. The van der Waals surface area contributed by atoms with Crippen LogP contribution in [0.2, 0.25) is 0 Å². The van der Waals surface area contributed by atoms with Gasteiger partial charge < -0.3 is 15.0 Å². The molecule has 4 rings (SSSR count). The lowest BCUT2D eigenvalue weighted by Crippen LogP contribution is -2.38. The van der Waals surface area contributed by atoms with Gasteiger partial charge in [-0.3, -0.25) is 4.79 Å². The first-order valence-electron chi connectivity index (χ1n) is 10.1. The zero-order chi connectivity index (χ0) is 21.1. The van der Waals surface area contributed by atoms with E-state index in [4.69, 9.17) is 4.74 Å². The van der Waals surface area contributed by atoms with Crippen molar-refractivity contribution < 1.29 is 22.7 Å². The molecule has 1 saturated heterocycles. The lowest BCUT2D eigenvalue weighted by molar-refractivity contribution is -0.153. The number of benzene rings is 1. The van der Waals surface area contributed by atoms with Crippen molar-refractivity contribution in [2.75, 3.05) is 24.6 Å². The summed E-state index contributed by atoms with van der Waals surface area (Å²) in [7, 11) is 0. The zero-order valence-electron chi connectivity index (χ0n) is 16.5. The Balaban J connectivity index is 1.27. The summed E-state index contributed by atoms with van der Waals surface area (Å²) in [5, 5.41) is 3.05. The van der Waals surface area contributed by atoms with E-state index >= 15 is 0 Å². The second-order valence-corrected chi connectivity index (χ2v) is 7.95. The highest BCUT2D eigenvalue weighted by Gasteiger charge is 2.29. The molecule has 2 fully saturated rings. The normalized spacial score (nSPS) is 19.0. The Morgan fingerprint density at radius 2 is 1.93 bits per heavy atom. The summed E-state index contributed by atoms with van der Waals surface area (Å²) >= 11 is 0. The van der Waals surface area contributed by atoms with Crippen LogP contribution < -0.4 is 15.0 Å². The van der Waals surface area contributed by atoms with Gasteiger partial charge in [-0.1, -0.05) is 24.3 Å². The number of amides is 1. The third-order valence-corrected chi connectivity index (χ3v) is 5.39. The Morgan fingerprint density at radius 1 is 1.17 bits per heavy atom. The highest BCUT2D eigenvalue weighted by Crippen LogP contribution is 2.39. The minimum absolute atomic E-state index is 0.0233. The number of nitrogens with one attached hydrogen (secondary N) is 1. The van der Waals surface area contributed by atoms with Crippen LogP contribution in [-0.4, -0.2) is 42.8 Å². The first kappa shape index (κ1) is 20.5. The number of anilines is 1. The predicted octanol–water partition coefficient (Wildman–Crippen LogP) is 3.84. The number of rotatable bonds is 7. The monoisotopic (exact) mass is 419 g/mol. The van der Waals surface area contributed by atoms with E-state index in [0.717, 1.165) is 12.0 Å². The molecule has 1 aliphatic heterocycles. The van der Waals surface area contributed by atoms with Gasteiger partial charge in [0.1, 0.15) is 11.6 Å². The van der Waals surface area contributed by atoms with Crippen molar-refractivity contribution in [3.8, 4) is 5.75 Å². The van der Waals surface area contributed by atoms with E-state index in [1.54, 1.807) is 0 Å². The van der Waals surface area contributed by atoms with E-state index in [-0.39, 0.29) is 17.7 Å². The van der Waals surface area contributed by atoms with Crippen molar-refractivity contribution >= 4 is 11.7 Å². The summed E-state index contributed by atoms with van der Waals surface area (Å²) in [4.78, 5) is 18.6. The smallest absolute Gasteiger partial charge is 0.422 e. The molecule has 5 nitrogen and oxygen atoms in total. The quantitative estimate of drug-likeness (QED) is 0.741. The first-order valence-corrected chi connectivity index (χ1v) is 10.1. The van der Waals surface area contributed by atoms with Gasteiger partial charge in [-0.15, -0.1) is 0 Å². The van der Waals surface area contributed by atoms with Gasteiger partial charge in [-0.25, -0.2) is 4.98 Å². The molecule has 1 N–H and O–H groups in total. The van der Waals surface area contributed by atoms with E-state index in [1.807, 2.05) is 17.0 Å². The van der Waals surface area contributed by atoms with Crippen LogP contribution in [0.15, 0.2) is 42.6 Å². The molecular formula is C22H24F3N3O2. The van der Waals surface area contributed by atoms with Crippen molar-refractivity contribution in [3.05, 3.63) is 53.7 Å². The standard InChI is InChI=1S/C22H24F3N3O2/c23-22(24,25)14-30-19-7-9-26-20(12-19)28-10-8-18(13-28)27-21(29)11-15-1-3-16(4-2-15)17-5-6-17/h1-4,7,9,12,17-18H,5-6,8,10-11,13-14H2,(H,27,29). The van der Waals surface area contributed by atoms with Crippen LogP contribution in [0.3, 0.4) is 0 Å². The Hall–Kier alpha value is -2.77. The maximum absolute atomic E-state index is 12.4. The molecular weight excluding hydrogens is 395 g/mol. The number of pyridine rings is 1. The topological polar surface area (TPSA) is 54.5 Å². The van der Waals surface area contributed by atoms with Crippen LogP contribution in [-0.2, 0) is 11.2 Å². The minimum atomic E-state index is -4.38. The van der Waals surface area contributed by atoms with Crippen LogP contribution in [0.1, 0.15) is 36.3 Å². The van der Waals surface area contributed by atoms with Gasteiger partial charge in [0.15, 0.2) is 6.61 Å². The van der Waals surface area contributed by atoms with Crippen LogP contribution in [0.25, 0.3) is 0 Å². The Bertz CT molecular complexity index is 882. The highest BCUT2D eigenvalue weighted by molar-refractivity contribution is 5.79. The van der Waals surface area contributed by atoms with Gasteiger partial charge in [0.05, 0.1) is 6.42 Å². The average molecular weight is 419 g/mol. The molecule has 0 radical (unpaired) electrons. The maximum atomic E-state index is 12.4. The number of ether oxygens (including phenoxy) is 1. The summed E-state index contributed by atoms with van der Waals surface area (Å²) in [6, 6.07) is 11.1. The summed E-state index contributed by atoms with van der Waals surface area (Å²) in [6.07, 6.45) is 0.638. The molecule has 0 bridgehead atoms. The largest absolute Gasteiger partial charge is 0.484 e. The van der Waals surface area contributed by atoms with Crippen LogP contribution in [0.4, 0.5) is 19.0 Å². The fourth-order valence-electron chi connectivity index (χ4n) is 3.70. The first-order chi connectivity index (χ1) is 14.4. The number of hydrogen-bond donors (Lipinski definition) is 1. The number of carbonyl (C=O) groups excluding carboxylic acids is 1. The van der Waals surface area contributed by atoms with E-state index in [1.165, 1.54) is 36.7 Å². The van der Waals surface area contributed by atoms with Crippen molar-refractivity contribution in [3.63, 3.8) is 0 Å². The molecule has 8 heteroatoms. The average Bonchev–Trinajstić information content (AvgIpc) is 3.46. The molecule has 1 aromatic carbocycles. The molecule has 1 unspecified atom stereocenters. The molecule has 30 heavy (non-hydrogen) atoms. The SMILES string of the molecule is O=C(Cc1ccc(C2CC2)cc1)NC1CCN(c2cc(OCC(F)(F)F)ccn2)C1. The number of nitrogens with zero attached hydrogens (tertiary/aromatic N) is 2. The zero-order valence-corrected chi connectivity index (χ0v) is 16.5. The van der Waals surface area contributed by atoms with E-state index in [0.29, 0.717) is 31.2 Å². The number of hydrogen-bond acceptors (Lipinski definition) is 4. The summed E-state index contributed by atoms with van der Waals surface area (Å²) in [5.74, 6) is 1.33. The number of aromatic nitrogens is 1. The molecule has 1 saturated carbocycles. The van der Waals surface area contributed by atoms with Crippen LogP contribution in [0, 0.1) is 0 Å². The van der Waals surface area contributed by atoms with Gasteiger partial charge in [0.25, 0.3) is 0 Å². The van der Waals surface area contributed by atoms with Gasteiger partial charge in [0, 0.05) is 31.4 Å². The Labute approximate surface area is 173 Å². The van der Waals surface area contributed by atoms with Crippen molar-refractivity contribution in [1.82, 2.24) is 10.3 Å². The third kappa shape index (κ3) is 5.64. The second-order valence-electron chi connectivity index (χ2n) is 7.95. The van der Waals surface area contributed by atoms with Crippen LogP contribution in [0.5, 0.6) is 5.75 Å². The van der Waals surface area contributed by atoms with E-state index in [2.05, 4.69) is 22.4 Å². The van der Waals surface area contributed by atoms with Gasteiger partial charge >= 0.3 is 6.18 Å². The van der Waals surface area contributed by atoms with Crippen molar-refractivity contribution in [2.45, 2.75) is 43.8 Å². The maximum Gasteiger partial charge on any atom is 0.422 e. The molecule has 1 atom stereocenters. The predicted molar refractivity (Wildman–Crippen MR) is 107 cm³/mol. The van der Waals surface area contributed by atoms with Gasteiger partial charge in [0.2, 0.25) is 5.91 Å². The molecule has 2 heterocycles. The molecule has 1 aliphatic carbocycles. The summed E-state index contributed by atoms with van der Waals surface area (Å²) in [5.41, 5.74) is 2.34. The highest BCUT2D eigenvalue weighted by atomic mass is 19.4. The van der Waals surface area contributed by atoms with Gasteiger partial charge in [-0.05, 0) is 42.4 Å². The van der Waals surface area contributed by atoms with Crippen molar-refractivity contribution in [2.24, 2.45) is 0 Å². The number of halogens is 3. The van der Waals surface area contributed by atoms with E-state index < -0.39 is 12.8 Å². The lowest BCUT2D eigenvalue weighted by atomic mass is 10.1. The number of carbonyl (C=O) groups is 1. The third-order valence-electron chi connectivity index (χ3n) is 5.39. The van der Waals surface area contributed by atoms with Crippen LogP contribution >= 0.6 is 0 Å². The second kappa shape index (κ2) is 8.53. The Kier molecular flexibility index (Phi) is 5.83. The molecule has 2 aromatic rings. The molecule has 160 valence electrons. The minimum Gasteiger partial charge on any atom is -0.484 e. The van der Waals surface area contributed by atoms with Gasteiger partial charge in [-0.2, -0.15) is 13.2 Å². The fourth-order valence-corrected chi connectivity index (χ4v) is 3.70. The molecule has 1 aromatic heterocycles. The molecule has 0 spiro atoms. The summed E-state index contributed by atoms with van der Waals surface area (Å²) < 4.78 is 41.8. The summed E-state index contributed by atoms with van der Waals surface area (Å²) in [6.45, 7) is -0.115. The number of alkyl halides is 3.